The molecule has 0 amide bonds. The van der Waals surface area contributed by atoms with E-state index in [4.69, 9.17) is 14.8 Å². The molecule has 1 saturated carbocycles. The maximum absolute atomic E-state index is 8.19. The van der Waals surface area contributed by atoms with Crippen LogP contribution in [-0.2, 0) is 9.31 Å². The lowest BCUT2D eigenvalue weighted by molar-refractivity contribution is 0.00578. The summed E-state index contributed by atoms with van der Waals surface area (Å²) in [5.41, 5.74) is -1.19. The van der Waals surface area contributed by atoms with Crippen LogP contribution in [-0.4, -0.2) is 18.3 Å². The van der Waals surface area contributed by atoms with E-state index in [1.807, 2.05) is 27.7 Å². The van der Waals surface area contributed by atoms with Gasteiger partial charge >= 0.3 is 7.12 Å². The second-order valence-electron chi connectivity index (χ2n) is 4.75. The Balaban J connectivity index is 2.30. The molecule has 74 valence electrons. The monoisotopic (exact) mass is 186 g/mol. The summed E-state index contributed by atoms with van der Waals surface area (Å²) in [6.45, 7) is 8.85. The SMILES string of the molecule is [2H]C1([2H])C([2H])(C)C1([2H])B1OC(C)(C)C(C)(C)O1. The molecule has 1 heterocycles. The molecule has 1 aliphatic heterocycles. The Labute approximate surface area is 86.8 Å². The van der Waals surface area contributed by atoms with E-state index >= 15 is 0 Å². The van der Waals surface area contributed by atoms with Gasteiger partial charge < -0.3 is 9.31 Å². The van der Waals surface area contributed by atoms with E-state index in [0.717, 1.165) is 0 Å². The molecule has 13 heavy (non-hydrogen) atoms. The molecule has 0 radical (unpaired) electrons. The predicted octanol–water partition coefficient (Wildman–Crippen LogP) is 2.49. The van der Waals surface area contributed by atoms with Crippen molar-refractivity contribution in [2.24, 2.45) is 5.89 Å². The van der Waals surface area contributed by atoms with Crippen molar-refractivity contribution in [1.82, 2.24) is 0 Å². The van der Waals surface area contributed by atoms with Crippen molar-refractivity contribution >= 4 is 7.12 Å². The third kappa shape index (κ3) is 1.42. The first-order chi connectivity index (χ1) is 7.31. The molecule has 0 aromatic rings. The van der Waals surface area contributed by atoms with Gasteiger partial charge in [0.2, 0.25) is 0 Å². The summed E-state index contributed by atoms with van der Waals surface area (Å²) in [6, 6.07) is 0. The smallest absolute Gasteiger partial charge is 0.403 e. The Morgan fingerprint density at radius 1 is 1.31 bits per heavy atom. The van der Waals surface area contributed by atoms with Gasteiger partial charge in [-0.1, -0.05) is 6.92 Å². The first-order valence-electron chi connectivity index (χ1n) is 6.67. The minimum absolute atomic E-state index is 0.597. The van der Waals surface area contributed by atoms with Gasteiger partial charge in [-0.05, 0) is 45.8 Å². The van der Waals surface area contributed by atoms with Crippen LogP contribution in [0, 0.1) is 5.89 Å². The maximum atomic E-state index is 8.19. The number of rotatable bonds is 1. The average Bonchev–Trinajstić information content (AvgIpc) is 2.33. The molecule has 2 unspecified atom stereocenters. The third-order valence-electron chi connectivity index (χ3n) is 3.15. The van der Waals surface area contributed by atoms with Crippen molar-refractivity contribution in [3.8, 4) is 0 Å². The minimum Gasteiger partial charge on any atom is -0.403 e. The van der Waals surface area contributed by atoms with Crippen LogP contribution in [0.15, 0.2) is 0 Å². The van der Waals surface area contributed by atoms with Crippen LogP contribution in [0.5, 0.6) is 0 Å². The van der Waals surface area contributed by atoms with Crippen LogP contribution >= 0.6 is 0 Å². The van der Waals surface area contributed by atoms with Crippen LogP contribution in [0.25, 0.3) is 0 Å². The van der Waals surface area contributed by atoms with E-state index in [1.165, 1.54) is 6.92 Å². The molecule has 2 atom stereocenters. The van der Waals surface area contributed by atoms with Gasteiger partial charge in [0.05, 0.1) is 11.2 Å². The van der Waals surface area contributed by atoms with Crippen molar-refractivity contribution in [2.75, 3.05) is 0 Å². The van der Waals surface area contributed by atoms with Crippen molar-refractivity contribution < 1.29 is 14.8 Å². The highest BCUT2D eigenvalue weighted by Crippen LogP contribution is 2.52. The van der Waals surface area contributed by atoms with Crippen molar-refractivity contribution in [1.29, 1.82) is 0 Å². The normalized spacial score (nSPS) is 60.5. The van der Waals surface area contributed by atoms with Gasteiger partial charge in [-0.15, -0.1) is 0 Å². The zero-order valence-corrected chi connectivity index (χ0v) is 8.89. The molecule has 0 N–H and O–H groups in total. The summed E-state index contributed by atoms with van der Waals surface area (Å²) in [5, 5.41) is 0. The summed E-state index contributed by atoms with van der Waals surface area (Å²) < 4.78 is 43.0. The van der Waals surface area contributed by atoms with Crippen molar-refractivity contribution in [3.05, 3.63) is 0 Å². The zero-order chi connectivity index (χ0) is 13.5. The topological polar surface area (TPSA) is 18.5 Å². The molecule has 2 aliphatic rings. The first-order valence-corrected chi connectivity index (χ1v) is 4.67. The van der Waals surface area contributed by atoms with Crippen LogP contribution in [0.2, 0.25) is 5.79 Å². The van der Waals surface area contributed by atoms with E-state index < -0.39 is 36.4 Å². The van der Waals surface area contributed by atoms with E-state index in [1.54, 1.807) is 0 Å². The van der Waals surface area contributed by atoms with Gasteiger partial charge in [0.25, 0.3) is 0 Å². The maximum Gasteiger partial charge on any atom is 0.461 e. The Bertz CT molecular complexity index is 337. The molecule has 0 spiro atoms. The molecule has 0 aromatic carbocycles. The van der Waals surface area contributed by atoms with Gasteiger partial charge in [0.1, 0.15) is 0 Å². The van der Waals surface area contributed by atoms with E-state index in [9.17, 15) is 0 Å². The molecule has 2 fully saturated rings. The zero-order valence-electron chi connectivity index (χ0n) is 12.9. The van der Waals surface area contributed by atoms with Gasteiger partial charge in [-0.3, -0.25) is 0 Å². The molecule has 2 rings (SSSR count). The molecule has 0 aromatic heterocycles. The molecular weight excluding hydrogens is 163 g/mol. The van der Waals surface area contributed by atoms with Crippen LogP contribution in [0.3, 0.4) is 0 Å². The second-order valence-corrected chi connectivity index (χ2v) is 4.75. The Hall–Kier alpha value is -0.0151. The standard InChI is InChI=1S/C10H19BO2/c1-7-6-8(7)11-12-9(2,3)10(4,5)13-11/h7-8H,6H2,1-5H3/i6D2,7D,8D. The average molecular weight is 186 g/mol. The fourth-order valence-corrected chi connectivity index (χ4v) is 1.37. The lowest BCUT2D eigenvalue weighted by atomic mass is 9.81. The van der Waals surface area contributed by atoms with Gasteiger partial charge in [-0.25, -0.2) is 0 Å². The second kappa shape index (κ2) is 2.51. The largest absolute Gasteiger partial charge is 0.461 e. The Morgan fingerprint density at radius 3 is 2.00 bits per heavy atom. The highest BCUT2D eigenvalue weighted by Gasteiger charge is 2.58. The van der Waals surface area contributed by atoms with E-state index in [2.05, 4.69) is 0 Å². The number of hydrogen-bond acceptors (Lipinski definition) is 2. The lowest BCUT2D eigenvalue weighted by Crippen LogP contribution is -2.41. The lowest BCUT2D eigenvalue weighted by Gasteiger charge is -2.32. The molecule has 3 heteroatoms. The van der Waals surface area contributed by atoms with Crippen LogP contribution < -0.4 is 0 Å². The minimum atomic E-state index is -1.92. The number of hydrogen-bond donors (Lipinski definition) is 0. The molecule has 1 saturated heterocycles. The summed E-state index contributed by atoms with van der Waals surface area (Å²) in [4.78, 5) is 0. The molecule has 0 bridgehead atoms. The van der Waals surface area contributed by atoms with Crippen molar-refractivity contribution in [3.63, 3.8) is 0 Å². The highest BCUT2D eigenvalue weighted by atomic mass is 16.7. The van der Waals surface area contributed by atoms with E-state index in [0.29, 0.717) is 0 Å². The predicted molar refractivity (Wildman–Crippen MR) is 53.6 cm³/mol. The Kier molecular flexibility index (Phi) is 1.12. The van der Waals surface area contributed by atoms with Gasteiger partial charge in [0, 0.05) is 5.48 Å². The quantitative estimate of drug-likeness (QED) is 0.585. The van der Waals surface area contributed by atoms with Crippen molar-refractivity contribution in [2.45, 2.75) is 58.0 Å². The fourth-order valence-electron chi connectivity index (χ4n) is 1.37. The van der Waals surface area contributed by atoms with Gasteiger partial charge in [0.15, 0.2) is 0 Å². The van der Waals surface area contributed by atoms with Crippen LogP contribution in [0.4, 0.5) is 0 Å². The summed E-state index contributed by atoms with van der Waals surface area (Å²) in [6.07, 6.45) is -1.92. The highest BCUT2D eigenvalue weighted by molar-refractivity contribution is 6.48. The van der Waals surface area contributed by atoms with Gasteiger partial charge in [-0.2, -0.15) is 0 Å². The Morgan fingerprint density at radius 2 is 1.69 bits per heavy atom. The molecular formula is C10H19BO2. The molecule has 1 aliphatic carbocycles. The van der Waals surface area contributed by atoms with E-state index in [-0.39, 0.29) is 0 Å². The summed E-state index contributed by atoms with van der Waals surface area (Å²) in [7, 11) is -0.995. The summed E-state index contributed by atoms with van der Waals surface area (Å²) in [5.74, 6) is -3.16. The molecule has 2 nitrogen and oxygen atoms in total. The summed E-state index contributed by atoms with van der Waals surface area (Å²) >= 11 is 0. The third-order valence-corrected chi connectivity index (χ3v) is 3.15. The first kappa shape index (κ1) is 5.77. The fraction of sp³-hybridized carbons (Fsp3) is 1.00. The van der Waals surface area contributed by atoms with Crippen LogP contribution in [0.1, 0.15) is 46.5 Å².